The minimum Gasteiger partial charge on any atom is -0.486 e. The normalized spacial score (nSPS) is 15.5. The number of aromatic amines is 1. The van der Waals surface area contributed by atoms with Gasteiger partial charge in [-0.1, -0.05) is 42.5 Å². The first-order valence-electron chi connectivity index (χ1n) is 8.45. The van der Waals surface area contributed by atoms with Crippen molar-refractivity contribution in [1.82, 2.24) is 15.1 Å². The number of carbonyl (C=O) groups excluding carboxylic acids is 1. The lowest BCUT2D eigenvalue weighted by atomic mass is 10.1. The lowest BCUT2D eigenvalue weighted by Crippen LogP contribution is -2.41. The summed E-state index contributed by atoms with van der Waals surface area (Å²) in [7, 11) is 1.76. The second-order valence-electron chi connectivity index (χ2n) is 6.21. The number of H-pyrrole nitrogens is 1. The van der Waals surface area contributed by atoms with Crippen LogP contribution < -0.4 is 9.47 Å². The average Bonchev–Trinajstić information content (AvgIpc) is 3.17. The molecule has 2 heterocycles. The number of ether oxygens (including phenoxy) is 2. The molecule has 132 valence electrons. The first-order valence-corrected chi connectivity index (χ1v) is 8.45. The molecule has 1 aliphatic rings. The molecule has 0 radical (unpaired) electrons. The summed E-state index contributed by atoms with van der Waals surface area (Å²) in [6.45, 7) is 0.831. The van der Waals surface area contributed by atoms with E-state index in [1.807, 2.05) is 54.6 Å². The molecule has 1 unspecified atom stereocenters. The van der Waals surface area contributed by atoms with Crippen LogP contribution in [0, 0.1) is 0 Å². The molecule has 2 aromatic carbocycles. The minimum absolute atomic E-state index is 0.111. The van der Waals surface area contributed by atoms with E-state index in [9.17, 15) is 4.79 Å². The van der Waals surface area contributed by atoms with Crippen LogP contribution in [0.3, 0.4) is 0 Å². The van der Waals surface area contributed by atoms with Crippen molar-refractivity contribution in [2.24, 2.45) is 0 Å². The predicted molar refractivity (Wildman–Crippen MR) is 97.3 cm³/mol. The molecule has 0 bridgehead atoms. The second kappa shape index (κ2) is 6.92. The number of hydrogen-bond acceptors (Lipinski definition) is 4. The molecule has 0 aliphatic carbocycles. The predicted octanol–water partition coefficient (Wildman–Crippen LogP) is 2.99. The van der Waals surface area contributed by atoms with Gasteiger partial charge < -0.3 is 14.4 Å². The summed E-state index contributed by atoms with van der Waals surface area (Å²) in [5.41, 5.74) is 2.18. The number of rotatable bonds is 4. The number of fused-ring (bicyclic) bond motifs is 1. The Labute approximate surface area is 151 Å². The zero-order valence-corrected chi connectivity index (χ0v) is 14.4. The number of likely N-dealkylation sites (N-methyl/N-ethyl adjacent to an activating group) is 1. The van der Waals surface area contributed by atoms with Gasteiger partial charge in [-0.2, -0.15) is 5.10 Å². The van der Waals surface area contributed by atoms with Crippen molar-refractivity contribution in [3.63, 3.8) is 0 Å². The summed E-state index contributed by atoms with van der Waals surface area (Å²) in [6, 6.07) is 17.2. The number of carbonyl (C=O) groups is 1. The Morgan fingerprint density at radius 2 is 1.88 bits per heavy atom. The number of hydrogen-bond donors (Lipinski definition) is 1. The molecule has 26 heavy (non-hydrogen) atoms. The van der Waals surface area contributed by atoms with E-state index in [-0.39, 0.29) is 12.0 Å². The van der Waals surface area contributed by atoms with Gasteiger partial charge in [-0.05, 0) is 12.1 Å². The van der Waals surface area contributed by atoms with Crippen LogP contribution in [0.25, 0.3) is 11.3 Å². The second-order valence-corrected chi connectivity index (χ2v) is 6.21. The summed E-state index contributed by atoms with van der Waals surface area (Å²) in [5.74, 6) is 1.33. The van der Waals surface area contributed by atoms with E-state index in [2.05, 4.69) is 10.2 Å². The molecule has 0 saturated carbocycles. The number of nitrogens with zero attached hydrogens (tertiary/aromatic N) is 2. The molecule has 4 rings (SSSR count). The molecule has 0 spiro atoms. The van der Waals surface area contributed by atoms with Gasteiger partial charge in [0.15, 0.2) is 17.6 Å². The van der Waals surface area contributed by atoms with Crippen LogP contribution in [-0.4, -0.2) is 47.3 Å². The van der Waals surface area contributed by atoms with Crippen molar-refractivity contribution in [3.05, 3.63) is 66.4 Å². The highest BCUT2D eigenvalue weighted by atomic mass is 16.6. The van der Waals surface area contributed by atoms with Crippen LogP contribution in [0.5, 0.6) is 11.5 Å². The van der Waals surface area contributed by atoms with Gasteiger partial charge in [0, 0.05) is 12.6 Å². The van der Waals surface area contributed by atoms with E-state index in [4.69, 9.17) is 9.47 Å². The fraction of sp³-hybridized carbons (Fsp3) is 0.200. The van der Waals surface area contributed by atoms with E-state index in [0.717, 1.165) is 11.3 Å². The molecule has 1 aliphatic heterocycles. The Morgan fingerprint density at radius 3 is 2.69 bits per heavy atom. The van der Waals surface area contributed by atoms with Gasteiger partial charge in [0.1, 0.15) is 6.61 Å². The zero-order chi connectivity index (χ0) is 17.9. The highest BCUT2D eigenvalue weighted by molar-refractivity contribution is 5.99. The van der Waals surface area contributed by atoms with Crippen LogP contribution >= 0.6 is 0 Å². The van der Waals surface area contributed by atoms with Gasteiger partial charge >= 0.3 is 0 Å². The zero-order valence-electron chi connectivity index (χ0n) is 14.4. The number of benzene rings is 2. The fourth-order valence-electron chi connectivity index (χ4n) is 3.02. The third-order valence-corrected chi connectivity index (χ3v) is 4.32. The van der Waals surface area contributed by atoms with Crippen LogP contribution in [0.2, 0.25) is 0 Å². The first-order chi connectivity index (χ1) is 12.7. The maximum Gasteiger partial charge on any atom is 0.257 e. The topological polar surface area (TPSA) is 67.5 Å². The largest absolute Gasteiger partial charge is 0.486 e. The summed E-state index contributed by atoms with van der Waals surface area (Å²) in [6.07, 6.45) is 1.35. The number of para-hydroxylation sites is 2. The fourth-order valence-corrected chi connectivity index (χ4v) is 3.02. The molecule has 3 aromatic rings. The summed E-state index contributed by atoms with van der Waals surface area (Å²) in [4.78, 5) is 14.5. The van der Waals surface area contributed by atoms with Crippen molar-refractivity contribution in [2.75, 3.05) is 20.2 Å². The quantitative estimate of drug-likeness (QED) is 0.786. The standard InChI is InChI=1S/C20H19N3O3/c1-23(12-15-13-25-17-9-5-6-10-18(17)26-15)20(24)16-11-21-22-19(16)14-7-3-2-4-8-14/h2-11,15H,12-13H2,1H3,(H,21,22). The highest BCUT2D eigenvalue weighted by Gasteiger charge is 2.25. The molecule has 1 amide bonds. The Hall–Kier alpha value is -3.28. The molecule has 1 N–H and O–H groups in total. The van der Waals surface area contributed by atoms with Crippen LogP contribution in [0.1, 0.15) is 10.4 Å². The maximum absolute atomic E-state index is 12.9. The molecule has 1 atom stereocenters. The van der Waals surface area contributed by atoms with E-state index in [1.54, 1.807) is 18.1 Å². The Kier molecular flexibility index (Phi) is 4.31. The van der Waals surface area contributed by atoms with E-state index in [1.165, 1.54) is 0 Å². The van der Waals surface area contributed by atoms with E-state index >= 15 is 0 Å². The molecular weight excluding hydrogens is 330 g/mol. The minimum atomic E-state index is -0.217. The summed E-state index contributed by atoms with van der Waals surface area (Å²) < 4.78 is 11.7. The third-order valence-electron chi connectivity index (χ3n) is 4.32. The van der Waals surface area contributed by atoms with Crippen molar-refractivity contribution < 1.29 is 14.3 Å². The van der Waals surface area contributed by atoms with Gasteiger partial charge in [-0.3, -0.25) is 9.89 Å². The molecule has 6 heteroatoms. The van der Waals surface area contributed by atoms with Gasteiger partial charge in [-0.25, -0.2) is 0 Å². The van der Waals surface area contributed by atoms with Crippen molar-refractivity contribution in [3.8, 4) is 22.8 Å². The molecular formula is C20H19N3O3. The van der Waals surface area contributed by atoms with Gasteiger partial charge in [0.05, 0.1) is 24.0 Å². The Bertz CT molecular complexity index is 907. The lowest BCUT2D eigenvalue weighted by molar-refractivity contribution is 0.0521. The monoisotopic (exact) mass is 349 g/mol. The first kappa shape index (κ1) is 16.2. The molecule has 0 fully saturated rings. The Balaban J connectivity index is 1.47. The van der Waals surface area contributed by atoms with Crippen LogP contribution in [0.4, 0.5) is 0 Å². The van der Waals surface area contributed by atoms with Crippen molar-refractivity contribution >= 4 is 5.91 Å². The summed E-state index contributed by atoms with van der Waals surface area (Å²) >= 11 is 0. The van der Waals surface area contributed by atoms with Gasteiger partial charge in [-0.15, -0.1) is 0 Å². The summed E-state index contributed by atoms with van der Waals surface area (Å²) in [5, 5.41) is 6.97. The van der Waals surface area contributed by atoms with Gasteiger partial charge in [0.2, 0.25) is 0 Å². The number of amides is 1. The van der Waals surface area contributed by atoms with E-state index < -0.39 is 0 Å². The maximum atomic E-state index is 12.9. The average molecular weight is 349 g/mol. The number of aromatic nitrogens is 2. The lowest BCUT2D eigenvalue weighted by Gasteiger charge is -2.29. The van der Waals surface area contributed by atoms with Crippen LogP contribution in [-0.2, 0) is 0 Å². The molecule has 6 nitrogen and oxygen atoms in total. The van der Waals surface area contributed by atoms with Crippen LogP contribution in [0.15, 0.2) is 60.8 Å². The number of nitrogens with one attached hydrogen (secondary N) is 1. The molecule has 1 aromatic heterocycles. The highest BCUT2D eigenvalue weighted by Crippen LogP contribution is 2.31. The third kappa shape index (κ3) is 3.13. The SMILES string of the molecule is CN(CC1COc2ccccc2O1)C(=O)c1cn[nH]c1-c1ccccc1. The van der Waals surface area contributed by atoms with Crippen molar-refractivity contribution in [2.45, 2.75) is 6.10 Å². The van der Waals surface area contributed by atoms with Gasteiger partial charge in [0.25, 0.3) is 5.91 Å². The Morgan fingerprint density at radius 1 is 1.15 bits per heavy atom. The van der Waals surface area contributed by atoms with Crippen molar-refractivity contribution in [1.29, 1.82) is 0 Å². The van der Waals surface area contributed by atoms with E-state index in [0.29, 0.717) is 30.2 Å². The molecule has 0 saturated heterocycles. The smallest absolute Gasteiger partial charge is 0.257 e.